The summed E-state index contributed by atoms with van der Waals surface area (Å²) in [7, 11) is 0. The van der Waals surface area contributed by atoms with Crippen molar-refractivity contribution < 1.29 is 43.4 Å². The highest BCUT2D eigenvalue weighted by atomic mass is 35.5. The van der Waals surface area contributed by atoms with Crippen LogP contribution in [-0.4, -0.2) is 64.2 Å². The van der Waals surface area contributed by atoms with Crippen molar-refractivity contribution in [3.8, 4) is 5.75 Å². The molecule has 5 atom stereocenters. The summed E-state index contributed by atoms with van der Waals surface area (Å²) >= 11 is 6.29. The lowest BCUT2D eigenvalue weighted by atomic mass is 9.83. The van der Waals surface area contributed by atoms with Gasteiger partial charge in [0.25, 0.3) is 0 Å². The molecule has 2 aliphatic heterocycles. The molecular formula is C22H23ClF2O7. The summed E-state index contributed by atoms with van der Waals surface area (Å²) in [5.74, 6) is -4.26. The van der Waals surface area contributed by atoms with Crippen LogP contribution in [0.1, 0.15) is 23.6 Å². The third-order valence-electron chi connectivity index (χ3n) is 5.98. The Kier molecular flexibility index (Phi) is 6.19. The van der Waals surface area contributed by atoms with Crippen molar-refractivity contribution in [1.82, 2.24) is 0 Å². The standard InChI is InChI=1S/C22H23ClF2O7/c1-2-30-15-6-3-11(16(24)17(15)25)7-12-8-13(4-5-14(12)23)22-20(29)18(27)19(28)21(9-26,32-22)10-31-22/h3-6,8,18-20,26-29H,2,7,9-10H2,1H3/t18-,19-,20+,21-,22-/m0/s1. The molecule has 2 heterocycles. The van der Waals surface area contributed by atoms with Crippen LogP contribution in [0, 0.1) is 11.6 Å². The Bertz CT molecular complexity index is 1020. The van der Waals surface area contributed by atoms with E-state index in [2.05, 4.69) is 0 Å². The normalized spacial score (nSPS) is 31.7. The summed E-state index contributed by atoms with van der Waals surface area (Å²) < 4.78 is 45.4. The molecule has 0 aliphatic carbocycles. The third-order valence-corrected chi connectivity index (χ3v) is 6.35. The number of benzene rings is 2. The highest BCUT2D eigenvalue weighted by molar-refractivity contribution is 6.31. The van der Waals surface area contributed by atoms with Crippen molar-refractivity contribution in [3.63, 3.8) is 0 Å². The molecule has 0 saturated carbocycles. The van der Waals surface area contributed by atoms with Gasteiger partial charge in [0.05, 0.1) is 19.8 Å². The molecule has 4 N–H and O–H groups in total. The minimum absolute atomic E-state index is 0.0279. The monoisotopic (exact) mass is 472 g/mol. The Balaban J connectivity index is 1.71. The first-order valence-electron chi connectivity index (χ1n) is 10.1. The summed E-state index contributed by atoms with van der Waals surface area (Å²) in [6.45, 7) is 0.903. The second kappa shape index (κ2) is 8.49. The number of rotatable bonds is 6. The Labute approximate surface area is 187 Å². The number of hydrogen-bond donors (Lipinski definition) is 4. The molecule has 0 aromatic heterocycles. The number of hydrogen-bond acceptors (Lipinski definition) is 7. The van der Waals surface area contributed by atoms with E-state index in [-0.39, 0.29) is 41.5 Å². The van der Waals surface area contributed by atoms with Gasteiger partial charge < -0.3 is 34.6 Å². The van der Waals surface area contributed by atoms with Crippen molar-refractivity contribution in [2.75, 3.05) is 19.8 Å². The molecule has 4 rings (SSSR count). The maximum Gasteiger partial charge on any atom is 0.225 e. The molecule has 174 valence electrons. The lowest BCUT2D eigenvalue weighted by Gasteiger charge is -2.46. The van der Waals surface area contributed by atoms with Gasteiger partial charge in [0.15, 0.2) is 11.6 Å². The van der Waals surface area contributed by atoms with E-state index < -0.39 is 47.9 Å². The van der Waals surface area contributed by atoms with Crippen LogP contribution in [0.3, 0.4) is 0 Å². The molecule has 0 unspecified atom stereocenters. The average Bonchev–Trinajstić information content (AvgIpc) is 3.18. The summed E-state index contributed by atoms with van der Waals surface area (Å²) in [4.78, 5) is 0. The number of fused-ring (bicyclic) bond motifs is 2. The Morgan fingerprint density at radius 3 is 2.53 bits per heavy atom. The predicted octanol–water partition coefficient (Wildman–Crippen LogP) is 1.63. The smallest absolute Gasteiger partial charge is 0.225 e. The van der Waals surface area contributed by atoms with Crippen LogP contribution >= 0.6 is 11.6 Å². The highest BCUT2D eigenvalue weighted by Gasteiger charge is 2.67. The van der Waals surface area contributed by atoms with Crippen LogP contribution < -0.4 is 4.74 Å². The van der Waals surface area contributed by atoms with Gasteiger partial charge in [-0.1, -0.05) is 23.7 Å². The molecule has 2 fully saturated rings. The molecule has 2 aliphatic rings. The van der Waals surface area contributed by atoms with Crippen LogP contribution in [0.15, 0.2) is 30.3 Å². The van der Waals surface area contributed by atoms with Crippen molar-refractivity contribution in [2.24, 2.45) is 0 Å². The van der Waals surface area contributed by atoms with Gasteiger partial charge >= 0.3 is 0 Å². The van der Waals surface area contributed by atoms with Crippen molar-refractivity contribution in [3.05, 3.63) is 63.7 Å². The fourth-order valence-corrected chi connectivity index (χ4v) is 4.37. The zero-order valence-corrected chi connectivity index (χ0v) is 17.9. The molecule has 32 heavy (non-hydrogen) atoms. The fraction of sp³-hybridized carbons (Fsp3) is 0.455. The van der Waals surface area contributed by atoms with E-state index in [1.54, 1.807) is 6.92 Å². The van der Waals surface area contributed by atoms with Crippen LogP contribution in [-0.2, 0) is 21.7 Å². The summed E-state index contributed by atoms with van der Waals surface area (Å²) in [5.41, 5.74) is -0.983. The lowest BCUT2D eigenvalue weighted by molar-refractivity contribution is -0.329. The lowest BCUT2D eigenvalue weighted by Crippen LogP contribution is -2.65. The van der Waals surface area contributed by atoms with Gasteiger partial charge in [0, 0.05) is 17.0 Å². The largest absolute Gasteiger partial charge is 0.491 e. The molecule has 0 spiro atoms. The molecule has 2 bridgehead atoms. The minimum Gasteiger partial charge on any atom is -0.491 e. The molecule has 2 aromatic carbocycles. The van der Waals surface area contributed by atoms with Crippen molar-refractivity contribution >= 4 is 11.6 Å². The van der Waals surface area contributed by atoms with Gasteiger partial charge in [-0.3, -0.25) is 0 Å². The summed E-state index contributed by atoms with van der Waals surface area (Å²) in [5, 5.41) is 41.3. The van der Waals surface area contributed by atoms with Gasteiger partial charge in [0.2, 0.25) is 11.6 Å². The van der Waals surface area contributed by atoms with Crippen LogP contribution in [0.4, 0.5) is 8.78 Å². The maximum atomic E-state index is 14.6. The average molecular weight is 473 g/mol. The molecule has 0 amide bonds. The zero-order valence-electron chi connectivity index (χ0n) is 17.1. The van der Waals surface area contributed by atoms with Gasteiger partial charge in [-0.2, -0.15) is 4.39 Å². The Morgan fingerprint density at radius 1 is 1.09 bits per heavy atom. The van der Waals surface area contributed by atoms with Crippen LogP contribution in [0.25, 0.3) is 0 Å². The Morgan fingerprint density at radius 2 is 1.84 bits per heavy atom. The highest BCUT2D eigenvalue weighted by Crippen LogP contribution is 2.49. The molecule has 2 saturated heterocycles. The van der Waals surface area contributed by atoms with E-state index in [0.29, 0.717) is 5.56 Å². The zero-order chi connectivity index (χ0) is 23.3. The van der Waals surface area contributed by atoms with Gasteiger partial charge in [-0.15, -0.1) is 0 Å². The van der Waals surface area contributed by atoms with E-state index in [9.17, 15) is 29.2 Å². The van der Waals surface area contributed by atoms with Crippen LogP contribution in [0.2, 0.25) is 5.02 Å². The number of ether oxygens (including phenoxy) is 3. The molecule has 7 nitrogen and oxygen atoms in total. The van der Waals surface area contributed by atoms with Crippen LogP contribution in [0.5, 0.6) is 5.75 Å². The first kappa shape index (κ1) is 23.3. The first-order valence-corrected chi connectivity index (χ1v) is 10.4. The van der Waals surface area contributed by atoms with E-state index in [1.165, 1.54) is 30.3 Å². The van der Waals surface area contributed by atoms with Gasteiger partial charge in [-0.25, -0.2) is 4.39 Å². The Hall–Kier alpha value is -1.85. The van der Waals surface area contributed by atoms with E-state index >= 15 is 0 Å². The second-order valence-electron chi connectivity index (χ2n) is 7.93. The number of aliphatic hydroxyl groups is 4. The molecule has 10 heteroatoms. The second-order valence-corrected chi connectivity index (χ2v) is 8.34. The quantitative estimate of drug-likeness (QED) is 0.506. The summed E-state index contributed by atoms with van der Waals surface area (Å²) in [6.07, 6.45) is -5.01. The molecule has 0 radical (unpaired) electrons. The van der Waals surface area contributed by atoms with Gasteiger partial charge in [-0.05, 0) is 36.2 Å². The van der Waals surface area contributed by atoms with E-state index in [0.717, 1.165) is 0 Å². The SMILES string of the molecule is CCOc1ccc(Cc2cc([C@]34OC[C@](CO)(O3)[C@@H](O)[C@H](O)[C@H]4O)ccc2Cl)c(F)c1F. The topological polar surface area (TPSA) is 109 Å². The van der Waals surface area contributed by atoms with Crippen molar-refractivity contribution in [2.45, 2.75) is 43.0 Å². The fourth-order valence-electron chi connectivity index (χ4n) is 4.18. The van der Waals surface area contributed by atoms with E-state index in [4.69, 9.17) is 25.8 Å². The number of halogens is 3. The maximum absolute atomic E-state index is 14.6. The molecular weight excluding hydrogens is 450 g/mol. The van der Waals surface area contributed by atoms with Gasteiger partial charge in [0.1, 0.15) is 23.9 Å². The van der Waals surface area contributed by atoms with E-state index in [1.807, 2.05) is 0 Å². The number of aliphatic hydroxyl groups excluding tert-OH is 4. The third kappa shape index (κ3) is 3.49. The first-order chi connectivity index (χ1) is 15.2. The van der Waals surface area contributed by atoms with Crippen molar-refractivity contribution in [1.29, 1.82) is 0 Å². The predicted molar refractivity (Wildman–Crippen MR) is 108 cm³/mol. The summed E-state index contributed by atoms with van der Waals surface area (Å²) in [6, 6.07) is 7.16. The molecule has 2 aromatic rings. The minimum atomic E-state index is -1.89.